The second-order valence-electron chi connectivity index (χ2n) is 5.16. The van der Waals surface area contributed by atoms with Crippen molar-refractivity contribution >= 4 is 17.3 Å². The van der Waals surface area contributed by atoms with Gasteiger partial charge in [-0.3, -0.25) is 4.84 Å². The molecular weight excluding hydrogens is 276 g/mol. The van der Waals surface area contributed by atoms with Gasteiger partial charge in [0, 0.05) is 16.8 Å². The summed E-state index contributed by atoms with van der Waals surface area (Å²) in [6.07, 6.45) is 1.70. The summed E-state index contributed by atoms with van der Waals surface area (Å²) in [5, 5.41) is 5.31. The fourth-order valence-electron chi connectivity index (χ4n) is 2.93. The molecule has 110 valence electrons. The number of furan rings is 1. The largest absolute Gasteiger partial charge is 0.446 e. The second kappa shape index (κ2) is 5.24. The van der Waals surface area contributed by atoms with Crippen LogP contribution in [0.15, 0.2) is 71.3 Å². The molecule has 2 aromatic carbocycles. The number of benzene rings is 2. The SMILES string of the molecule is CON1c2ccccc2C(Nc2ccccc2)c2ccoc21. The minimum atomic E-state index is 0.0266. The van der Waals surface area contributed by atoms with Crippen molar-refractivity contribution in [2.45, 2.75) is 6.04 Å². The standard InChI is InChI=1S/C18H16N2O2/c1-21-20-16-10-6-5-9-14(16)17(15-11-12-22-18(15)20)19-13-7-3-2-4-8-13/h2-12,17,19H,1H3. The van der Waals surface area contributed by atoms with E-state index in [9.17, 15) is 0 Å². The third kappa shape index (κ3) is 1.96. The molecule has 0 fully saturated rings. The number of hydrogen-bond donors (Lipinski definition) is 1. The van der Waals surface area contributed by atoms with Crippen LogP contribution in [0.3, 0.4) is 0 Å². The number of rotatable bonds is 3. The van der Waals surface area contributed by atoms with Crippen molar-refractivity contribution < 1.29 is 9.25 Å². The fourth-order valence-corrected chi connectivity index (χ4v) is 2.93. The Morgan fingerprint density at radius 2 is 1.73 bits per heavy atom. The summed E-state index contributed by atoms with van der Waals surface area (Å²) < 4.78 is 5.65. The van der Waals surface area contributed by atoms with Crippen LogP contribution < -0.4 is 10.4 Å². The van der Waals surface area contributed by atoms with Gasteiger partial charge in [0.1, 0.15) is 0 Å². The maximum absolute atomic E-state index is 5.65. The van der Waals surface area contributed by atoms with Gasteiger partial charge in [-0.05, 0) is 24.3 Å². The quantitative estimate of drug-likeness (QED) is 0.771. The van der Waals surface area contributed by atoms with E-state index in [1.807, 2.05) is 42.5 Å². The maximum Gasteiger partial charge on any atom is 0.229 e. The predicted octanol–water partition coefficient (Wildman–Crippen LogP) is 4.49. The third-order valence-corrected chi connectivity index (χ3v) is 3.90. The summed E-state index contributed by atoms with van der Waals surface area (Å²) in [5.74, 6) is 0.717. The fraction of sp³-hybridized carbons (Fsp3) is 0.111. The topological polar surface area (TPSA) is 37.6 Å². The minimum absolute atomic E-state index is 0.0266. The van der Waals surface area contributed by atoms with E-state index >= 15 is 0 Å². The molecule has 1 unspecified atom stereocenters. The molecule has 0 bridgehead atoms. The van der Waals surface area contributed by atoms with E-state index in [1.165, 1.54) is 0 Å². The Labute approximate surface area is 128 Å². The van der Waals surface area contributed by atoms with Crippen LogP contribution in [0.4, 0.5) is 17.3 Å². The molecule has 0 amide bonds. The zero-order valence-corrected chi connectivity index (χ0v) is 12.2. The van der Waals surface area contributed by atoms with Crippen molar-refractivity contribution in [3.63, 3.8) is 0 Å². The summed E-state index contributed by atoms with van der Waals surface area (Å²) in [7, 11) is 1.65. The van der Waals surface area contributed by atoms with Crippen molar-refractivity contribution in [3.05, 3.63) is 78.1 Å². The molecule has 0 aliphatic carbocycles. The summed E-state index contributed by atoms with van der Waals surface area (Å²) in [4.78, 5) is 5.51. The average Bonchev–Trinajstić information content (AvgIpc) is 3.05. The van der Waals surface area contributed by atoms with Gasteiger partial charge in [0.15, 0.2) is 0 Å². The Hall–Kier alpha value is -2.72. The van der Waals surface area contributed by atoms with Gasteiger partial charge in [-0.1, -0.05) is 36.4 Å². The Morgan fingerprint density at radius 3 is 2.55 bits per heavy atom. The van der Waals surface area contributed by atoms with Gasteiger partial charge < -0.3 is 9.73 Å². The molecular formula is C18H16N2O2. The molecule has 0 saturated carbocycles. The second-order valence-corrected chi connectivity index (χ2v) is 5.16. The first-order chi connectivity index (χ1) is 10.9. The van der Waals surface area contributed by atoms with Gasteiger partial charge in [-0.2, -0.15) is 5.06 Å². The van der Waals surface area contributed by atoms with Crippen molar-refractivity contribution in [3.8, 4) is 0 Å². The van der Waals surface area contributed by atoms with E-state index in [1.54, 1.807) is 18.4 Å². The van der Waals surface area contributed by atoms with Crippen LogP contribution in [0.25, 0.3) is 0 Å². The molecule has 2 heterocycles. The highest BCUT2D eigenvalue weighted by molar-refractivity contribution is 5.72. The molecule has 4 heteroatoms. The maximum atomic E-state index is 5.65. The third-order valence-electron chi connectivity index (χ3n) is 3.90. The van der Waals surface area contributed by atoms with E-state index in [0.29, 0.717) is 0 Å². The minimum Gasteiger partial charge on any atom is -0.446 e. The number of fused-ring (bicyclic) bond motifs is 2. The highest BCUT2D eigenvalue weighted by atomic mass is 16.7. The van der Waals surface area contributed by atoms with E-state index in [4.69, 9.17) is 9.25 Å². The summed E-state index contributed by atoms with van der Waals surface area (Å²) >= 11 is 0. The molecule has 0 spiro atoms. The first kappa shape index (κ1) is 13.0. The van der Waals surface area contributed by atoms with Crippen molar-refractivity contribution in [2.75, 3.05) is 17.5 Å². The van der Waals surface area contributed by atoms with E-state index in [2.05, 4.69) is 23.5 Å². The number of nitrogens with one attached hydrogen (secondary N) is 1. The summed E-state index contributed by atoms with van der Waals surface area (Å²) in [5.41, 5.74) is 4.27. The monoisotopic (exact) mass is 292 g/mol. The lowest BCUT2D eigenvalue weighted by atomic mass is 9.95. The number of hydrogen-bond acceptors (Lipinski definition) is 4. The van der Waals surface area contributed by atoms with Crippen LogP contribution in [0.5, 0.6) is 0 Å². The van der Waals surface area contributed by atoms with E-state index in [0.717, 1.165) is 28.4 Å². The normalized spacial score (nSPS) is 16.0. The Balaban J connectivity index is 1.83. The molecule has 1 aliphatic rings. The first-order valence-electron chi connectivity index (χ1n) is 7.20. The molecule has 0 saturated heterocycles. The van der Waals surface area contributed by atoms with Crippen LogP contribution in [-0.4, -0.2) is 7.11 Å². The Morgan fingerprint density at radius 1 is 0.955 bits per heavy atom. The molecule has 1 aliphatic heterocycles. The number of para-hydroxylation sites is 2. The van der Waals surface area contributed by atoms with E-state index < -0.39 is 0 Å². The Kier molecular flexibility index (Phi) is 3.09. The van der Waals surface area contributed by atoms with Gasteiger partial charge in [0.05, 0.1) is 25.1 Å². The first-order valence-corrected chi connectivity index (χ1v) is 7.20. The lowest BCUT2D eigenvalue weighted by molar-refractivity contribution is 0.185. The zero-order valence-electron chi connectivity index (χ0n) is 12.2. The lowest BCUT2D eigenvalue weighted by Gasteiger charge is -2.33. The molecule has 4 nitrogen and oxygen atoms in total. The molecule has 3 aromatic rings. The van der Waals surface area contributed by atoms with Crippen LogP contribution in [0.1, 0.15) is 17.2 Å². The van der Waals surface area contributed by atoms with Gasteiger partial charge in [0.25, 0.3) is 0 Å². The van der Waals surface area contributed by atoms with Gasteiger partial charge >= 0.3 is 0 Å². The highest BCUT2D eigenvalue weighted by Crippen LogP contribution is 2.45. The lowest BCUT2D eigenvalue weighted by Crippen LogP contribution is -2.26. The van der Waals surface area contributed by atoms with Crippen LogP contribution >= 0.6 is 0 Å². The number of nitrogens with zero attached hydrogens (tertiary/aromatic N) is 1. The zero-order chi connectivity index (χ0) is 14.9. The molecule has 1 N–H and O–H groups in total. The van der Waals surface area contributed by atoms with Crippen molar-refractivity contribution in [1.29, 1.82) is 0 Å². The highest BCUT2D eigenvalue weighted by Gasteiger charge is 2.33. The summed E-state index contributed by atoms with van der Waals surface area (Å²) in [6.45, 7) is 0. The van der Waals surface area contributed by atoms with E-state index in [-0.39, 0.29) is 6.04 Å². The Bertz CT molecular complexity index is 783. The predicted molar refractivity (Wildman–Crippen MR) is 86.2 cm³/mol. The smallest absolute Gasteiger partial charge is 0.229 e. The molecule has 0 radical (unpaired) electrons. The number of anilines is 3. The molecule has 1 atom stereocenters. The molecule has 1 aromatic heterocycles. The summed E-state index contributed by atoms with van der Waals surface area (Å²) in [6, 6.07) is 20.4. The molecule has 22 heavy (non-hydrogen) atoms. The van der Waals surface area contributed by atoms with Gasteiger partial charge in [-0.25, -0.2) is 0 Å². The molecule has 4 rings (SSSR count). The van der Waals surface area contributed by atoms with Crippen molar-refractivity contribution in [1.82, 2.24) is 0 Å². The average molecular weight is 292 g/mol. The van der Waals surface area contributed by atoms with Gasteiger partial charge in [-0.15, -0.1) is 0 Å². The van der Waals surface area contributed by atoms with Crippen LogP contribution in [-0.2, 0) is 4.84 Å². The van der Waals surface area contributed by atoms with Crippen molar-refractivity contribution in [2.24, 2.45) is 0 Å². The van der Waals surface area contributed by atoms with Crippen LogP contribution in [0.2, 0.25) is 0 Å². The van der Waals surface area contributed by atoms with Gasteiger partial charge in [0.2, 0.25) is 5.88 Å². The van der Waals surface area contributed by atoms with Crippen LogP contribution in [0, 0.1) is 0 Å².